The predicted molar refractivity (Wildman–Crippen MR) is 283 cm³/mol. The van der Waals surface area contributed by atoms with Crippen LogP contribution in [-0.4, -0.2) is 83.8 Å². The van der Waals surface area contributed by atoms with Crippen molar-refractivity contribution in [2.45, 2.75) is 122 Å². The largest absolute Gasteiger partial charge is 1.00 e. The Bertz CT molecular complexity index is 3000. The summed E-state index contributed by atoms with van der Waals surface area (Å²) in [4.78, 5) is 52.9. The molecule has 0 bridgehead atoms. The summed E-state index contributed by atoms with van der Waals surface area (Å²) in [6.07, 6.45) is 8.60. The molecule has 4 saturated carbocycles. The van der Waals surface area contributed by atoms with Gasteiger partial charge in [-0.15, -0.1) is 60.6 Å². The minimum atomic E-state index is -4.07. The van der Waals surface area contributed by atoms with Gasteiger partial charge in [-0.05, 0) is 180 Å². The zero-order chi connectivity index (χ0) is 55.5. The fraction of sp³-hybridized carbons (Fsp3) is 0.569. The second kappa shape index (κ2) is 28.4. The van der Waals surface area contributed by atoms with Crippen molar-refractivity contribution in [3.8, 4) is 11.5 Å². The van der Waals surface area contributed by atoms with Gasteiger partial charge in [0, 0.05) is 54.2 Å². The smallest absolute Gasteiger partial charge is 0.534 e. The minimum absolute atomic E-state index is 0. The third-order valence-electron chi connectivity index (χ3n) is 16.8. The molecule has 0 radical (unpaired) electrons. The molecule has 77 heavy (non-hydrogen) atoms. The number of Topliss-reactive ketones (excluding diaryl/α,β-unsaturated/α-hetero) is 2. The van der Waals surface area contributed by atoms with E-state index in [1.165, 1.54) is 6.07 Å². The van der Waals surface area contributed by atoms with Gasteiger partial charge in [0.15, 0.2) is 0 Å². The number of esters is 2. The molecule has 0 aromatic heterocycles. The van der Waals surface area contributed by atoms with E-state index in [2.05, 4.69) is 96.6 Å². The number of hydrogen-bond donors (Lipinski definition) is 3. The molecule has 3 aromatic carbocycles. The number of halogens is 4. The quantitative estimate of drug-likeness (QED) is 0.0286. The monoisotopic (exact) mass is 1400 g/mol. The third-order valence-corrected chi connectivity index (χ3v) is 22.4. The Balaban J connectivity index is 0.00000120. The first kappa shape index (κ1) is 68.3. The molecular formula is C51H56Br4Na2O17S3. The molecule has 2 unspecified atom stereocenters. The topological polar surface area (TPSA) is 284 Å². The molecule has 0 spiro atoms. The third kappa shape index (κ3) is 15.7. The van der Waals surface area contributed by atoms with Crippen LogP contribution in [0.25, 0.3) is 0 Å². The summed E-state index contributed by atoms with van der Waals surface area (Å²) in [6.45, 7) is 7.07. The predicted octanol–water partition coefficient (Wildman–Crippen LogP) is 3.66. The van der Waals surface area contributed by atoms with Crippen molar-refractivity contribution in [2.75, 3.05) is 5.75 Å². The number of phenolic OH excluding ortho intramolecular Hbond substituents is 1. The maximum Gasteiger partial charge on any atom is 1.00 e. The maximum absolute atomic E-state index is 13.6. The van der Waals surface area contributed by atoms with Gasteiger partial charge in [0.25, 0.3) is 10.1 Å². The van der Waals surface area contributed by atoms with E-state index in [4.69, 9.17) is 39.3 Å². The molecule has 8 rings (SSSR count). The molecule has 0 saturated heterocycles. The van der Waals surface area contributed by atoms with E-state index in [0.717, 1.165) is 51.4 Å². The number of aromatic hydroxyl groups is 1. The van der Waals surface area contributed by atoms with Gasteiger partial charge in [-0.2, -0.15) is 32.7 Å². The van der Waals surface area contributed by atoms with Crippen LogP contribution in [0, 0.1) is 64.4 Å². The van der Waals surface area contributed by atoms with Crippen LogP contribution in [-0.2, 0) is 56.1 Å². The first-order chi connectivity index (χ1) is 35.0. The summed E-state index contributed by atoms with van der Waals surface area (Å²) in [6, 6.07) is 15.2. The van der Waals surface area contributed by atoms with Crippen molar-refractivity contribution >= 4 is 119 Å². The number of aliphatic hydroxyl groups excluding tert-OH is 1. The number of ketones is 2. The Morgan fingerprint density at radius 2 is 1.39 bits per heavy atom. The number of benzene rings is 3. The van der Waals surface area contributed by atoms with Gasteiger partial charge in [0.05, 0.1) is 17.4 Å². The zero-order valence-corrected chi connectivity index (χ0v) is 55.8. The van der Waals surface area contributed by atoms with E-state index in [1.807, 2.05) is 0 Å². The summed E-state index contributed by atoms with van der Waals surface area (Å²) in [7, 11) is -10.3. The van der Waals surface area contributed by atoms with Gasteiger partial charge in [0.1, 0.15) is 23.6 Å². The molecule has 5 aliphatic rings. The minimum Gasteiger partial charge on any atom is -0.534 e. The van der Waals surface area contributed by atoms with Gasteiger partial charge >= 0.3 is 92.3 Å². The number of carbonyl (C=O) groups is 4. The first-order valence-electron chi connectivity index (χ1n) is 24.3. The number of hydrogen-bond acceptors (Lipinski definition) is 16. The molecule has 0 amide bonds. The van der Waals surface area contributed by atoms with E-state index >= 15 is 0 Å². The van der Waals surface area contributed by atoms with Crippen molar-refractivity contribution in [3.63, 3.8) is 0 Å². The second-order valence-corrected chi connectivity index (χ2v) is 26.5. The Hall–Kier alpha value is -1.23. The van der Waals surface area contributed by atoms with Crippen molar-refractivity contribution in [1.29, 1.82) is 0 Å². The Kier molecular flexibility index (Phi) is 25.1. The fourth-order valence-electron chi connectivity index (χ4n) is 13.6. The van der Waals surface area contributed by atoms with Crippen LogP contribution in [0.5, 0.6) is 11.5 Å². The van der Waals surface area contributed by atoms with Crippen LogP contribution in [0.15, 0.2) is 54.3 Å². The first-order valence-corrected chi connectivity index (χ1v) is 31.1. The number of aliphatic hydroxyl groups is 1. The molecule has 410 valence electrons. The van der Waals surface area contributed by atoms with E-state index in [9.17, 15) is 37.8 Å². The Labute approximate surface area is 529 Å². The molecule has 1 aliphatic heterocycles. The summed E-state index contributed by atoms with van der Waals surface area (Å²) < 4.78 is 96.0. The fourth-order valence-corrected chi connectivity index (χ4v) is 16.7. The molecule has 3 N–H and O–H groups in total. The summed E-state index contributed by atoms with van der Waals surface area (Å²) in [5.41, 5.74) is 0.423. The van der Waals surface area contributed by atoms with Crippen LogP contribution in [0.1, 0.15) is 138 Å². The Morgan fingerprint density at radius 3 is 1.97 bits per heavy atom. The summed E-state index contributed by atoms with van der Waals surface area (Å²) in [5, 5.41) is 22.0. The summed E-state index contributed by atoms with van der Waals surface area (Å²) >= 11 is 14.3. The van der Waals surface area contributed by atoms with Crippen LogP contribution in [0.2, 0.25) is 0 Å². The van der Waals surface area contributed by atoms with Crippen molar-refractivity contribution in [2.24, 2.45) is 52.3 Å². The average Bonchev–Trinajstić information content (AvgIpc) is 3.84. The number of cyclic esters (lactones) is 1. The van der Waals surface area contributed by atoms with Crippen LogP contribution < -0.4 is 63.9 Å². The molecule has 4 fully saturated rings. The van der Waals surface area contributed by atoms with Crippen molar-refractivity contribution in [1.82, 2.24) is 0 Å². The van der Waals surface area contributed by atoms with Crippen LogP contribution >= 0.6 is 63.7 Å². The average molecular weight is 1400 g/mol. The van der Waals surface area contributed by atoms with Gasteiger partial charge in [-0.25, -0.2) is 4.79 Å². The van der Waals surface area contributed by atoms with E-state index < -0.39 is 60.7 Å². The molecule has 17 nitrogen and oxygen atoms in total. The normalized spacial score (nSPS) is 28.0. The van der Waals surface area contributed by atoms with Crippen molar-refractivity contribution < 1.29 is 136 Å². The molecule has 26 heteroatoms. The molecular weight excluding hydrogens is 1350 g/mol. The second-order valence-electron chi connectivity index (χ2n) is 20.9. The number of phenols is 1. The van der Waals surface area contributed by atoms with Gasteiger partial charge in [-0.3, -0.25) is 18.9 Å². The maximum atomic E-state index is 13.6. The number of fused-ring (bicyclic) bond motifs is 6. The van der Waals surface area contributed by atoms with Crippen molar-refractivity contribution in [3.05, 3.63) is 88.7 Å². The Morgan fingerprint density at radius 1 is 0.805 bits per heavy atom. The zero-order valence-electron chi connectivity index (χ0n) is 43.0. The van der Waals surface area contributed by atoms with Crippen LogP contribution in [0.4, 0.5) is 0 Å². The SMILES string of the molecule is C[C@@H](CCC(=O)CCCS(=O)(=O)O)[C@H]1CC[C@H]2[C@@H]3[C@@H](O)CC4C[C@H](CC(=O)CC(=O)Oc5[c-]cc(C6(c7c[c-]c(O)cc7)OC(=O)c7c(Br)c(Br)c(Br)c(Br)c76)cc5)CC[C@]4(C)[C@H]3CC[C@]12C.O=S(=O)=O.O=S(=O)=O.[Na+].[Na+]. The van der Waals surface area contributed by atoms with Crippen LogP contribution in [0.3, 0.4) is 0 Å². The van der Waals surface area contributed by atoms with E-state index in [0.29, 0.717) is 76.7 Å². The van der Waals surface area contributed by atoms with Gasteiger partial charge in [0.2, 0.25) is 0 Å². The number of carbonyl (C=O) groups excluding carboxylic acids is 4. The summed E-state index contributed by atoms with van der Waals surface area (Å²) in [5.74, 6) is 0.367. The van der Waals surface area contributed by atoms with E-state index in [1.54, 1.807) is 30.3 Å². The number of ether oxygens (including phenoxy) is 2. The molecule has 11 atom stereocenters. The van der Waals surface area contributed by atoms with E-state index in [-0.39, 0.29) is 136 Å². The standard InChI is InChI=1S/C51H56Br4O11S.2Na.2O3S/c1-27(6-11-32(56)5-4-22-67(62,63)64)36-16-17-37-41-38(19-21-50(36,37)3)49(2)20-18-28(23-31(49)25-39(41)59)24-34(58)26-40(60)65-35-14-9-30(10-15-35)51(29-7-12-33(57)13-8-29)43-42(48(61)66-51)44(52)46(54)47(55)45(43)53;;;2*1-4(2)3/h7-10,12,14,27-28,31,36-39,41,57,59H,4-6,11,16-26H2,1-3H3,(H,62,63,64);;;;/q-2;2*+1;;/t27-,28+,31?,36+,37-,38-,39-,41-,49-,50+,51?;;;;/m0..../s1. The molecule has 1 heterocycles. The molecule has 4 aliphatic carbocycles. The number of rotatable bonds is 15. The van der Waals surface area contributed by atoms with Gasteiger partial charge in [-0.1, -0.05) is 20.8 Å². The van der Waals surface area contributed by atoms with Gasteiger partial charge < -0.3 is 19.7 Å². The molecule has 3 aromatic rings.